The number of rotatable bonds is 4. The second-order valence-electron chi connectivity index (χ2n) is 3.57. The molecule has 4 heteroatoms. The van der Waals surface area contributed by atoms with Crippen molar-refractivity contribution < 1.29 is 9.53 Å². The second kappa shape index (κ2) is 5.50. The summed E-state index contributed by atoms with van der Waals surface area (Å²) < 4.78 is 5.07. The zero-order valence-corrected chi connectivity index (χ0v) is 8.63. The maximum absolute atomic E-state index is 11.1. The number of nitrogens with two attached hydrogens (primary N) is 1. The lowest BCUT2D eigenvalue weighted by Crippen LogP contribution is -2.34. The van der Waals surface area contributed by atoms with Crippen molar-refractivity contribution in [1.82, 2.24) is 0 Å². The average molecular weight is 203 g/mol. The van der Waals surface area contributed by atoms with Crippen molar-refractivity contribution in [1.29, 1.82) is 0 Å². The summed E-state index contributed by atoms with van der Waals surface area (Å²) in [6, 6.07) is -0.565. The predicted molar refractivity (Wildman–Crippen MR) is 54.7 cm³/mol. The SMILES string of the molecule is NC(CS)C(=O)OCC1CCCC1. The highest BCUT2D eigenvalue weighted by molar-refractivity contribution is 7.80. The Morgan fingerprint density at radius 3 is 2.69 bits per heavy atom. The first-order valence-corrected chi connectivity index (χ1v) is 5.40. The van der Waals surface area contributed by atoms with Crippen LogP contribution in [0.1, 0.15) is 25.7 Å². The molecular formula is C9H17NO2S. The highest BCUT2D eigenvalue weighted by atomic mass is 32.1. The summed E-state index contributed by atoms with van der Waals surface area (Å²) in [5.74, 6) is 0.599. The topological polar surface area (TPSA) is 52.3 Å². The highest BCUT2D eigenvalue weighted by Gasteiger charge is 2.19. The van der Waals surface area contributed by atoms with Crippen LogP contribution in [0.25, 0.3) is 0 Å². The number of carbonyl (C=O) groups excluding carboxylic acids is 1. The fraction of sp³-hybridized carbons (Fsp3) is 0.889. The molecule has 1 fully saturated rings. The van der Waals surface area contributed by atoms with Crippen LogP contribution in [0.3, 0.4) is 0 Å². The summed E-state index contributed by atoms with van der Waals surface area (Å²) in [4.78, 5) is 11.1. The maximum Gasteiger partial charge on any atom is 0.323 e. The molecule has 1 rings (SSSR count). The molecule has 1 unspecified atom stereocenters. The van der Waals surface area contributed by atoms with Crippen molar-refractivity contribution in [2.75, 3.05) is 12.4 Å². The minimum absolute atomic E-state index is 0.318. The third kappa shape index (κ3) is 3.56. The van der Waals surface area contributed by atoms with Gasteiger partial charge in [-0.15, -0.1) is 0 Å². The van der Waals surface area contributed by atoms with Gasteiger partial charge in [-0.3, -0.25) is 4.79 Å². The van der Waals surface area contributed by atoms with Gasteiger partial charge in [-0.1, -0.05) is 12.8 Å². The van der Waals surface area contributed by atoms with Crippen molar-refractivity contribution in [2.45, 2.75) is 31.7 Å². The van der Waals surface area contributed by atoms with Gasteiger partial charge in [-0.2, -0.15) is 12.6 Å². The summed E-state index contributed by atoms with van der Waals surface area (Å²) in [6.45, 7) is 0.542. The monoisotopic (exact) mass is 203 g/mol. The van der Waals surface area contributed by atoms with Crippen LogP contribution >= 0.6 is 12.6 Å². The molecule has 0 bridgehead atoms. The van der Waals surface area contributed by atoms with E-state index >= 15 is 0 Å². The Kier molecular flexibility index (Phi) is 4.59. The van der Waals surface area contributed by atoms with E-state index in [-0.39, 0.29) is 5.97 Å². The van der Waals surface area contributed by atoms with Crippen molar-refractivity contribution in [2.24, 2.45) is 11.7 Å². The summed E-state index contributed by atoms with van der Waals surface area (Å²) in [7, 11) is 0. The molecule has 0 saturated heterocycles. The zero-order valence-electron chi connectivity index (χ0n) is 7.74. The van der Waals surface area contributed by atoms with Crippen molar-refractivity contribution in [3.05, 3.63) is 0 Å². The Hall–Kier alpha value is -0.220. The number of ether oxygens (including phenoxy) is 1. The van der Waals surface area contributed by atoms with Gasteiger partial charge in [0.1, 0.15) is 6.04 Å². The van der Waals surface area contributed by atoms with Crippen molar-refractivity contribution in [3.63, 3.8) is 0 Å². The van der Waals surface area contributed by atoms with Crippen LogP contribution in [0.5, 0.6) is 0 Å². The maximum atomic E-state index is 11.1. The fourth-order valence-electron chi connectivity index (χ4n) is 1.56. The Labute approximate surface area is 84.4 Å². The standard InChI is InChI=1S/C9H17NO2S/c10-8(6-13)9(11)12-5-7-3-1-2-4-7/h7-8,13H,1-6,10H2. The van der Waals surface area contributed by atoms with Crippen LogP contribution in [0, 0.1) is 5.92 Å². The number of carbonyl (C=O) groups is 1. The van der Waals surface area contributed by atoms with Gasteiger partial charge in [0, 0.05) is 5.75 Å². The molecule has 1 aliphatic carbocycles. The van der Waals surface area contributed by atoms with Crippen molar-refractivity contribution >= 4 is 18.6 Å². The summed E-state index contributed by atoms with van der Waals surface area (Å²) in [5.41, 5.74) is 5.45. The van der Waals surface area contributed by atoms with Crippen LogP contribution in [0.15, 0.2) is 0 Å². The third-order valence-corrected chi connectivity index (χ3v) is 2.83. The van der Waals surface area contributed by atoms with Gasteiger partial charge >= 0.3 is 5.97 Å². The van der Waals surface area contributed by atoms with E-state index in [1.165, 1.54) is 25.7 Å². The minimum Gasteiger partial charge on any atom is -0.464 e. The molecule has 0 amide bonds. The molecular weight excluding hydrogens is 186 g/mol. The van der Waals surface area contributed by atoms with Crippen LogP contribution in [-0.4, -0.2) is 24.4 Å². The quantitative estimate of drug-likeness (QED) is 0.529. The Morgan fingerprint density at radius 2 is 2.15 bits per heavy atom. The predicted octanol–water partition coefficient (Wildman–Crippen LogP) is 0.977. The van der Waals surface area contributed by atoms with Gasteiger partial charge < -0.3 is 10.5 Å². The Morgan fingerprint density at radius 1 is 1.54 bits per heavy atom. The summed E-state index contributed by atoms with van der Waals surface area (Å²) in [6.07, 6.45) is 4.90. The number of thiol groups is 1. The lowest BCUT2D eigenvalue weighted by molar-refractivity contribution is -0.145. The molecule has 0 heterocycles. The number of hydrogen-bond acceptors (Lipinski definition) is 4. The van der Waals surface area contributed by atoms with Crippen LogP contribution in [0.2, 0.25) is 0 Å². The molecule has 0 aliphatic heterocycles. The van der Waals surface area contributed by atoms with Gasteiger partial charge in [0.05, 0.1) is 6.61 Å². The van der Waals surface area contributed by atoms with E-state index in [0.717, 1.165) is 0 Å². The minimum atomic E-state index is -0.565. The van der Waals surface area contributed by atoms with E-state index < -0.39 is 6.04 Å². The molecule has 0 aromatic heterocycles. The lowest BCUT2D eigenvalue weighted by atomic mass is 10.1. The average Bonchev–Trinajstić information content (AvgIpc) is 2.65. The summed E-state index contributed by atoms with van der Waals surface area (Å²) in [5, 5.41) is 0. The Bertz CT molecular complexity index is 169. The molecule has 76 valence electrons. The fourth-order valence-corrected chi connectivity index (χ4v) is 1.71. The smallest absolute Gasteiger partial charge is 0.323 e. The van der Waals surface area contributed by atoms with Gasteiger partial charge in [-0.25, -0.2) is 0 Å². The highest BCUT2D eigenvalue weighted by Crippen LogP contribution is 2.24. The second-order valence-corrected chi connectivity index (χ2v) is 3.93. The molecule has 1 atom stereocenters. The number of hydrogen-bond donors (Lipinski definition) is 2. The molecule has 0 aromatic rings. The first-order valence-electron chi connectivity index (χ1n) is 4.77. The summed E-state index contributed by atoms with van der Waals surface area (Å²) >= 11 is 3.93. The molecule has 0 aromatic carbocycles. The van der Waals surface area contributed by atoms with Gasteiger partial charge in [0.15, 0.2) is 0 Å². The largest absolute Gasteiger partial charge is 0.464 e. The van der Waals surface area contributed by atoms with Gasteiger partial charge in [0.25, 0.3) is 0 Å². The molecule has 1 saturated carbocycles. The van der Waals surface area contributed by atoms with E-state index in [1.54, 1.807) is 0 Å². The van der Waals surface area contributed by atoms with Gasteiger partial charge in [0.2, 0.25) is 0 Å². The van der Waals surface area contributed by atoms with E-state index in [4.69, 9.17) is 10.5 Å². The van der Waals surface area contributed by atoms with E-state index in [9.17, 15) is 4.79 Å². The molecule has 2 N–H and O–H groups in total. The van der Waals surface area contributed by atoms with Crippen LogP contribution in [-0.2, 0) is 9.53 Å². The van der Waals surface area contributed by atoms with E-state index in [1.807, 2.05) is 0 Å². The molecule has 0 radical (unpaired) electrons. The molecule has 3 nitrogen and oxygen atoms in total. The number of esters is 1. The third-order valence-electron chi connectivity index (χ3n) is 2.44. The lowest BCUT2D eigenvalue weighted by Gasteiger charge is -2.12. The Balaban J connectivity index is 2.13. The van der Waals surface area contributed by atoms with Gasteiger partial charge in [-0.05, 0) is 18.8 Å². The normalized spacial score (nSPS) is 20.2. The zero-order chi connectivity index (χ0) is 9.68. The first kappa shape index (κ1) is 10.9. The molecule has 13 heavy (non-hydrogen) atoms. The first-order chi connectivity index (χ1) is 6.24. The molecule has 1 aliphatic rings. The van der Waals surface area contributed by atoms with Crippen LogP contribution < -0.4 is 5.73 Å². The van der Waals surface area contributed by atoms with Crippen molar-refractivity contribution in [3.8, 4) is 0 Å². The van der Waals surface area contributed by atoms with E-state index in [2.05, 4.69) is 12.6 Å². The molecule has 0 spiro atoms. The van der Waals surface area contributed by atoms with E-state index in [0.29, 0.717) is 18.3 Å². The van der Waals surface area contributed by atoms with Crippen LogP contribution in [0.4, 0.5) is 0 Å².